The Morgan fingerprint density at radius 2 is 1.61 bits per heavy atom. The maximum atomic E-state index is 12.1. The summed E-state index contributed by atoms with van der Waals surface area (Å²) < 4.78 is 34.6. The van der Waals surface area contributed by atoms with Crippen LogP contribution in [-0.4, -0.2) is 32.3 Å². The third kappa shape index (κ3) is 5.35. The van der Waals surface area contributed by atoms with E-state index in [9.17, 15) is 13.5 Å². The van der Waals surface area contributed by atoms with Crippen molar-refractivity contribution in [3.8, 4) is 5.75 Å². The van der Waals surface area contributed by atoms with Crippen molar-refractivity contribution in [3.63, 3.8) is 0 Å². The van der Waals surface area contributed by atoms with Crippen LogP contribution in [0, 0.1) is 6.92 Å². The Labute approximate surface area is 136 Å². The number of para-hydroxylation sites is 1. The van der Waals surface area contributed by atoms with Gasteiger partial charge in [-0.2, -0.15) is 8.42 Å². The van der Waals surface area contributed by atoms with Crippen LogP contribution in [0.3, 0.4) is 0 Å². The zero-order valence-electron chi connectivity index (χ0n) is 13.1. The van der Waals surface area contributed by atoms with E-state index in [-0.39, 0.29) is 11.5 Å². The summed E-state index contributed by atoms with van der Waals surface area (Å²) in [4.78, 5) is 0.0582. The van der Waals surface area contributed by atoms with Gasteiger partial charge in [-0.15, -0.1) is 0 Å². The number of rotatable bonds is 7. The van der Waals surface area contributed by atoms with Gasteiger partial charge in [0.15, 0.2) is 0 Å². The first-order valence-corrected chi connectivity index (χ1v) is 8.56. The van der Waals surface area contributed by atoms with Crippen LogP contribution in [0.15, 0.2) is 59.5 Å². The monoisotopic (exact) mass is 336 g/mol. The van der Waals surface area contributed by atoms with E-state index >= 15 is 0 Å². The van der Waals surface area contributed by atoms with Crippen molar-refractivity contribution in [2.45, 2.75) is 24.3 Å². The summed E-state index contributed by atoms with van der Waals surface area (Å²) in [5.74, 6) is 0.592. The van der Waals surface area contributed by atoms with Crippen LogP contribution in [-0.2, 0) is 14.3 Å². The molecule has 0 fully saturated rings. The number of ether oxygens (including phenoxy) is 1. The van der Waals surface area contributed by atoms with Crippen molar-refractivity contribution in [1.29, 1.82) is 0 Å². The molecule has 5 nitrogen and oxygen atoms in total. The van der Waals surface area contributed by atoms with Crippen molar-refractivity contribution in [3.05, 3.63) is 60.2 Å². The molecular weight excluding hydrogens is 316 g/mol. The summed E-state index contributed by atoms with van der Waals surface area (Å²) in [6.45, 7) is 2.85. The molecule has 23 heavy (non-hydrogen) atoms. The first-order chi connectivity index (χ1) is 10.8. The molecule has 0 saturated heterocycles. The van der Waals surface area contributed by atoms with Crippen LogP contribution in [0.5, 0.6) is 5.75 Å². The maximum Gasteiger partial charge on any atom is 0.297 e. The minimum absolute atomic E-state index is 0.0582. The van der Waals surface area contributed by atoms with Gasteiger partial charge in [0.2, 0.25) is 0 Å². The molecule has 0 aliphatic carbocycles. The zero-order valence-corrected chi connectivity index (χ0v) is 13.9. The van der Waals surface area contributed by atoms with Crippen LogP contribution in [0.4, 0.5) is 0 Å². The molecule has 0 unspecified atom stereocenters. The number of hydrogen-bond donors (Lipinski definition) is 1. The smallest absolute Gasteiger partial charge is 0.297 e. The van der Waals surface area contributed by atoms with Gasteiger partial charge in [0.05, 0.1) is 11.5 Å². The van der Waals surface area contributed by atoms with E-state index in [2.05, 4.69) is 0 Å². The molecule has 0 heterocycles. The molecule has 124 valence electrons. The molecule has 1 N–H and O–H groups in total. The second-order valence-electron chi connectivity index (χ2n) is 5.63. The van der Waals surface area contributed by atoms with Crippen LogP contribution < -0.4 is 4.74 Å². The second kappa shape index (κ2) is 7.12. The summed E-state index contributed by atoms with van der Waals surface area (Å²) in [5.41, 5.74) is -0.486. The van der Waals surface area contributed by atoms with E-state index in [1.807, 2.05) is 25.1 Å². The van der Waals surface area contributed by atoms with Crippen LogP contribution >= 0.6 is 0 Å². The first-order valence-electron chi connectivity index (χ1n) is 7.15. The molecule has 0 aromatic heterocycles. The molecule has 0 bridgehead atoms. The quantitative estimate of drug-likeness (QED) is 0.787. The normalized spacial score (nSPS) is 14.2. The minimum Gasteiger partial charge on any atom is -0.491 e. The van der Waals surface area contributed by atoms with Crippen molar-refractivity contribution >= 4 is 10.1 Å². The Hall–Kier alpha value is -1.89. The standard InChI is InChI=1S/C17H20O5S/c1-14-8-10-16(11-9-14)23(19,20)22-13-17(2,18)12-21-15-6-4-3-5-7-15/h3-11,18H,12-13H2,1-2H3/t17-/m1/s1. The minimum atomic E-state index is -3.91. The lowest BCUT2D eigenvalue weighted by Crippen LogP contribution is -2.38. The van der Waals surface area contributed by atoms with Gasteiger partial charge in [-0.1, -0.05) is 35.9 Å². The van der Waals surface area contributed by atoms with Crippen LogP contribution in [0.1, 0.15) is 12.5 Å². The first kappa shape index (κ1) is 17.5. The molecule has 0 radical (unpaired) electrons. The Bertz CT molecular complexity index is 721. The number of benzene rings is 2. The second-order valence-corrected chi connectivity index (χ2v) is 7.24. The highest BCUT2D eigenvalue weighted by Crippen LogP contribution is 2.17. The predicted octanol–water partition coefficient (Wildman–Crippen LogP) is 2.53. The third-order valence-corrected chi connectivity index (χ3v) is 4.41. The van der Waals surface area contributed by atoms with Gasteiger partial charge >= 0.3 is 0 Å². The number of aliphatic hydroxyl groups is 1. The van der Waals surface area contributed by atoms with E-state index in [0.717, 1.165) is 5.56 Å². The van der Waals surface area contributed by atoms with E-state index in [1.165, 1.54) is 19.1 Å². The highest BCUT2D eigenvalue weighted by molar-refractivity contribution is 7.86. The van der Waals surface area contributed by atoms with E-state index in [4.69, 9.17) is 8.92 Å². The van der Waals surface area contributed by atoms with Gasteiger partial charge in [-0.05, 0) is 38.1 Å². The van der Waals surface area contributed by atoms with E-state index < -0.39 is 22.3 Å². The summed E-state index contributed by atoms with van der Waals surface area (Å²) in [6, 6.07) is 15.3. The molecule has 0 spiro atoms. The molecule has 0 aliphatic heterocycles. The fourth-order valence-corrected chi connectivity index (χ4v) is 2.79. The Morgan fingerprint density at radius 1 is 1.00 bits per heavy atom. The topological polar surface area (TPSA) is 72.8 Å². The van der Waals surface area contributed by atoms with Gasteiger partial charge in [0.25, 0.3) is 10.1 Å². The van der Waals surface area contributed by atoms with Gasteiger partial charge < -0.3 is 9.84 Å². The van der Waals surface area contributed by atoms with E-state index in [1.54, 1.807) is 24.3 Å². The van der Waals surface area contributed by atoms with Crippen molar-refractivity contribution in [2.24, 2.45) is 0 Å². The number of hydrogen-bond acceptors (Lipinski definition) is 5. The van der Waals surface area contributed by atoms with Crippen LogP contribution in [0.25, 0.3) is 0 Å². The average Bonchev–Trinajstić information content (AvgIpc) is 2.53. The van der Waals surface area contributed by atoms with Crippen molar-refractivity contribution < 1.29 is 22.4 Å². The maximum absolute atomic E-state index is 12.1. The molecule has 0 amide bonds. The number of aryl methyl sites for hydroxylation is 1. The highest BCUT2D eigenvalue weighted by atomic mass is 32.2. The molecular formula is C17H20O5S. The van der Waals surface area contributed by atoms with Gasteiger partial charge in [-0.3, -0.25) is 4.18 Å². The van der Waals surface area contributed by atoms with Gasteiger partial charge in [0.1, 0.15) is 18.0 Å². The predicted molar refractivity (Wildman–Crippen MR) is 86.9 cm³/mol. The average molecular weight is 336 g/mol. The molecule has 2 rings (SSSR count). The third-order valence-electron chi connectivity index (χ3n) is 3.13. The Morgan fingerprint density at radius 3 is 2.22 bits per heavy atom. The summed E-state index contributed by atoms with van der Waals surface area (Å²) in [5, 5.41) is 10.2. The lowest BCUT2D eigenvalue weighted by molar-refractivity contribution is -0.0230. The van der Waals surface area contributed by atoms with E-state index in [0.29, 0.717) is 5.75 Å². The van der Waals surface area contributed by atoms with Crippen molar-refractivity contribution in [1.82, 2.24) is 0 Å². The lowest BCUT2D eigenvalue weighted by atomic mass is 10.1. The zero-order chi connectivity index (χ0) is 16.9. The largest absolute Gasteiger partial charge is 0.491 e. The fourth-order valence-electron chi connectivity index (χ4n) is 1.77. The van der Waals surface area contributed by atoms with Crippen molar-refractivity contribution in [2.75, 3.05) is 13.2 Å². The highest BCUT2D eigenvalue weighted by Gasteiger charge is 2.26. The molecule has 0 aliphatic rings. The summed E-state index contributed by atoms with van der Waals surface area (Å²) >= 11 is 0. The lowest BCUT2D eigenvalue weighted by Gasteiger charge is -2.23. The molecule has 6 heteroatoms. The molecule has 2 aromatic carbocycles. The molecule has 1 atom stereocenters. The van der Waals surface area contributed by atoms with Crippen LogP contribution in [0.2, 0.25) is 0 Å². The SMILES string of the molecule is Cc1ccc(S(=O)(=O)OC[C@](C)(O)COc2ccccc2)cc1. The molecule has 0 saturated carbocycles. The Balaban J connectivity index is 1.93. The summed E-state index contributed by atoms with van der Waals surface area (Å²) in [6.07, 6.45) is 0. The Kier molecular flexibility index (Phi) is 5.41. The fraction of sp³-hybridized carbons (Fsp3) is 0.294. The summed E-state index contributed by atoms with van der Waals surface area (Å²) in [7, 11) is -3.91. The van der Waals surface area contributed by atoms with Gasteiger partial charge in [0, 0.05) is 0 Å². The van der Waals surface area contributed by atoms with Gasteiger partial charge in [-0.25, -0.2) is 0 Å². The molecule has 2 aromatic rings.